The molecule has 0 bridgehead atoms. The molecule has 0 amide bonds. The Kier molecular flexibility index (Phi) is 4.93. The maximum absolute atomic E-state index is 13.1. The molecule has 0 radical (unpaired) electrons. The van der Waals surface area contributed by atoms with E-state index in [4.69, 9.17) is 0 Å². The van der Waals surface area contributed by atoms with Gasteiger partial charge in [-0.25, -0.2) is 17.6 Å². The minimum atomic E-state index is -4.40. The number of alkyl halides is 4. The van der Waals surface area contributed by atoms with Gasteiger partial charge in [-0.3, -0.25) is 4.79 Å². The van der Waals surface area contributed by atoms with Gasteiger partial charge < -0.3 is 4.74 Å². The van der Waals surface area contributed by atoms with Crippen molar-refractivity contribution in [2.24, 2.45) is 0 Å². The number of hydrogen-bond acceptors (Lipinski definition) is 2. The minimum Gasteiger partial charge on any atom is -0.367 e. The fraction of sp³-hybridized carbons (Fsp3) is 0.364. The Morgan fingerprint density at radius 3 is 2.47 bits per heavy atom. The molecule has 106 valence electrons. The summed E-state index contributed by atoms with van der Waals surface area (Å²) in [7, 11) is 0. The number of carbonyl (C=O) groups excluding carboxylic acids is 1. The van der Waals surface area contributed by atoms with Gasteiger partial charge in [0.1, 0.15) is 13.2 Å². The first-order valence-corrected chi connectivity index (χ1v) is 4.96. The van der Waals surface area contributed by atoms with E-state index in [2.05, 4.69) is 4.74 Å². The Morgan fingerprint density at radius 1 is 1.26 bits per heavy atom. The van der Waals surface area contributed by atoms with Gasteiger partial charge in [0.05, 0.1) is 5.56 Å². The monoisotopic (exact) mass is 286 g/mol. The maximum Gasteiger partial charge on any atom is 0.330 e. The summed E-state index contributed by atoms with van der Waals surface area (Å²) < 4.78 is 78.3. The van der Waals surface area contributed by atoms with E-state index in [1.54, 1.807) is 0 Å². The van der Waals surface area contributed by atoms with Crippen molar-refractivity contribution in [3.05, 3.63) is 35.4 Å². The zero-order valence-electron chi connectivity index (χ0n) is 9.31. The largest absolute Gasteiger partial charge is 0.367 e. The fourth-order valence-electron chi connectivity index (χ4n) is 1.14. The van der Waals surface area contributed by atoms with Crippen LogP contribution in [0.25, 0.3) is 0 Å². The molecule has 0 fully saturated rings. The Morgan fingerprint density at radius 2 is 1.89 bits per heavy atom. The van der Waals surface area contributed by atoms with E-state index in [-0.39, 0.29) is 0 Å². The van der Waals surface area contributed by atoms with E-state index in [0.29, 0.717) is 0 Å². The van der Waals surface area contributed by atoms with Crippen LogP contribution in [0.1, 0.15) is 10.4 Å². The van der Waals surface area contributed by atoms with Gasteiger partial charge in [-0.1, -0.05) is 6.07 Å². The molecule has 0 unspecified atom stereocenters. The highest BCUT2D eigenvalue weighted by molar-refractivity contribution is 5.97. The molecule has 2 nitrogen and oxygen atoms in total. The molecule has 1 aromatic rings. The molecule has 0 aliphatic heterocycles. The lowest BCUT2D eigenvalue weighted by Crippen LogP contribution is -2.33. The Labute approximate surface area is 104 Å². The van der Waals surface area contributed by atoms with Crippen LogP contribution >= 0.6 is 0 Å². The number of halogens is 6. The molecule has 0 aliphatic rings. The quantitative estimate of drug-likeness (QED) is 0.593. The molecule has 0 saturated heterocycles. The number of benzene rings is 1. The molecule has 0 aliphatic carbocycles. The van der Waals surface area contributed by atoms with Crippen LogP contribution < -0.4 is 0 Å². The van der Waals surface area contributed by atoms with Gasteiger partial charge in [0.25, 0.3) is 0 Å². The van der Waals surface area contributed by atoms with Crippen molar-refractivity contribution in [1.29, 1.82) is 0 Å². The van der Waals surface area contributed by atoms with Gasteiger partial charge in [0.15, 0.2) is 17.4 Å². The second-order valence-electron chi connectivity index (χ2n) is 3.58. The molecule has 19 heavy (non-hydrogen) atoms. The molecule has 0 heterocycles. The van der Waals surface area contributed by atoms with Crippen molar-refractivity contribution < 1.29 is 35.9 Å². The average molecular weight is 286 g/mol. The number of ketones is 1. The van der Waals surface area contributed by atoms with Crippen molar-refractivity contribution >= 4 is 5.78 Å². The Bertz CT molecular complexity index is 460. The van der Waals surface area contributed by atoms with Crippen molar-refractivity contribution in [1.82, 2.24) is 0 Å². The molecule has 0 saturated carbocycles. The minimum absolute atomic E-state index is 0.694. The fourth-order valence-corrected chi connectivity index (χ4v) is 1.14. The summed E-state index contributed by atoms with van der Waals surface area (Å²) in [6, 6.07) is 2.73. The van der Waals surface area contributed by atoms with E-state index in [1.807, 2.05) is 0 Å². The summed E-state index contributed by atoms with van der Waals surface area (Å²) in [5, 5.41) is 0. The van der Waals surface area contributed by atoms with Gasteiger partial charge >= 0.3 is 12.3 Å². The summed E-state index contributed by atoms with van der Waals surface area (Å²) in [6.45, 7) is -2.74. The first kappa shape index (κ1) is 15.5. The number of hydrogen-bond donors (Lipinski definition) is 0. The molecule has 1 rings (SSSR count). The Balaban J connectivity index is 2.60. The van der Waals surface area contributed by atoms with Crippen molar-refractivity contribution in [3.8, 4) is 0 Å². The third-order valence-corrected chi connectivity index (χ3v) is 2.10. The molecule has 0 atom stereocenters. The number of carbonyl (C=O) groups is 1. The van der Waals surface area contributed by atoms with E-state index in [0.717, 1.165) is 18.2 Å². The first-order chi connectivity index (χ1) is 8.75. The maximum atomic E-state index is 13.1. The van der Waals surface area contributed by atoms with E-state index in [1.165, 1.54) is 0 Å². The lowest BCUT2D eigenvalue weighted by Gasteiger charge is -2.14. The predicted octanol–water partition coefficient (Wildman–Crippen LogP) is 3.06. The third-order valence-electron chi connectivity index (χ3n) is 2.10. The second kappa shape index (κ2) is 6.05. The third kappa shape index (κ3) is 3.95. The van der Waals surface area contributed by atoms with Crippen LogP contribution in [0.3, 0.4) is 0 Å². The molecule has 8 heteroatoms. The first-order valence-electron chi connectivity index (χ1n) is 4.96. The SMILES string of the molecule is O=C(COCC(F)(F)C(F)F)c1cccc(F)c1F. The lowest BCUT2D eigenvalue weighted by molar-refractivity contribution is -0.163. The van der Waals surface area contributed by atoms with Crippen LogP contribution in [-0.2, 0) is 4.74 Å². The van der Waals surface area contributed by atoms with Gasteiger partial charge in [-0.2, -0.15) is 8.78 Å². The van der Waals surface area contributed by atoms with Crippen LogP contribution in [0.2, 0.25) is 0 Å². The van der Waals surface area contributed by atoms with Crippen LogP contribution in [0, 0.1) is 11.6 Å². The zero-order valence-corrected chi connectivity index (χ0v) is 9.31. The van der Waals surface area contributed by atoms with Crippen LogP contribution in [-0.4, -0.2) is 31.3 Å². The molecule has 1 aromatic carbocycles. The topological polar surface area (TPSA) is 26.3 Å². The van der Waals surface area contributed by atoms with Crippen molar-refractivity contribution in [2.45, 2.75) is 12.3 Å². The number of rotatable bonds is 6. The summed E-state index contributed by atoms with van der Waals surface area (Å²) in [6.07, 6.45) is -3.94. The summed E-state index contributed by atoms with van der Waals surface area (Å²) in [5.74, 6) is -8.26. The normalized spacial score (nSPS) is 11.9. The standard InChI is InChI=1S/C11H8F6O2/c12-7-3-1-2-6(9(7)13)8(18)4-19-5-11(16,17)10(14)15/h1-3,10H,4-5H2. The molecule has 0 N–H and O–H groups in total. The van der Waals surface area contributed by atoms with Gasteiger partial charge in [-0.05, 0) is 12.1 Å². The van der Waals surface area contributed by atoms with Gasteiger partial charge in [0.2, 0.25) is 0 Å². The van der Waals surface area contributed by atoms with E-state index < -0.39 is 48.5 Å². The van der Waals surface area contributed by atoms with Gasteiger partial charge in [0, 0.05) is 0 Å². The van der Waals surface area contributed by atoms with Crippen LogP contribution in [0.15, 0.2) is 18.2 Å². The molecule has 0 spiro atoms. The van der Waals surface area contributed by atoms with Gasteiger partial charge in [-0.15, -0.1) is 0 Å². The van der Waals surface area contributed by atoms with Crippen LogP contribution in [0.4, 0.5) is 26.3 Å². The number of Topliss-reactive ketones (excluding diaryl/α,β-unsaturated/α-hetero) is 1. The smallest absolute Gasteiger partial charge is 0.330 e. The molecule has 0 aromatic heterocycles. The summed E-state index contributed by atoms with van der Waals surface area (Å²) >= 11 is 0. The molecular formula is C11H8F6O2. The lowest BCUT2D eigenvalue weighted by atomic mass is 10.1. The van der Waals surface area contributed by atoms with Crippen molar-refractivity contribution in [2.75, 3.05) is 13.2 Å². The molecular weight excluding hydrogens is 278 g/mol. The Hall–Kier alpha value is -1.57. The average Bonchev–Trinajstić information content (AvgIpc) is 2.32. The second-order valence-corrected chi connectivity index (χ2v) is 3.58. The highest BCUT2D eigenvalue weighted by atomic mass is 19.3. The predicted molar refractivity (Wildman–Crippen MR) is 52.5 cm³/mol. The summed E-state index contributed by atoms with van der Waals surface area (Å²) in [4.78, 5) is 11.3. The van der Waals surface area contributed by atoms with Crippen molar-refractivity contribution in [3.63, 3.8) is 0 Å². The zero-order chi connectivity index (χ0) is 14.6. The van der Waals surface area contributed by atoms with E-state index in [9.17, 15) is 31.1 Å². The highest BCUT2D eigenvalue weighted by Crippen LogP contribution is 2.23. The summed E-state index contributed by atoms with van der Waals surface area (Å²) in [5.41, 5.74) is -0.694. The highest BCUT2D eigenvalue weighted by Gasteiger charge is 2.41. The number of ether oxygens (including phenoxy) is 1. The van der Waals surface area contributed by atoms with E-state index >= 15 is 0 Å². The van der Waals surface area contributed by atoms with Crippen LogP contribution in [0.5, 0.6) is 0 Å².